The number of rotatable bonds is 4. The van der Waals surface area contributed by atoms with Crippen LogP contribution in [0.15, 0.2) is 0 Å². The maximum atomic E-state index is 12.5. The van der Waals surface area contributed by atoms with E-state index < -0.39 is 0 Å². The van der Waals surface area contributed by atoms with Gasteiger partial charge in [-0.05, 0) is 57.4 Å². The summed E-state index contributed by atoms with van der Waals surface area (Å²) in [6.07, 6.45) is 8.18. The first-order chi connectivity index (χ1) is 9.20. The molecule has 0 aromatic rings. The number of carbonyl (C=O) groups excluding carboxylic acids is 1. The number of likely N-dealkylation sites (tertiary alicyclic amines) is 1. The molecule has 0 spiro atoms. The van der Waals surface area contributed by atoms with E-state index in [1.165, 1.54) is 19.3 Å². The molecule has 1 saturated heterocycles. The highest BCUT2D eigenvalue weighted by molar-refractivity contribution is 5.79. The Bertz CT molecular complexity index is 276. The molecule has 110 valence electrons. The standard InChI is InChI=1S/C16H30N2O/c1-3-10-17-15-8-11-18(12-9-15)16(19)14-6-4-13(2)5-7-14/h13-15,17H,3-12H2,1-2H3. The van der Waals surface area contributed by atoms with Crippen LogP contribution in [0.1, 0.15) is 58.8 Å². The van der Waals surface area contributed by atoms with E-state index in [1.54, 1.807) is 0 Å². The second kappa shape index (κ2) is 7.28. The van der Waals surface area contributed by atoms with Crippen LogP contribution in [0.2, 0.25) is 0 Å². The molecule has 3 nitrogen and oxygen atoms in total. The molecule has 1 amide bonds. The van der Waals surface area contributed by atoms with Gasteiger partial charge in [0.05, 0.1) is 0 Å². The third-order valence-electron chi connectivity index (χ3n) is 4.85. The van der Waals surface area contributed by atoms with Crippen molar-refractivity contribution < 1.29 is 4.79 Å². The van der Waals surface area contributed by atoms with Crippen molar-refractivity contribution in [2.24, 2.45) is 11.8 Å². The molecule has 1 aliphatic heterocycles. The van der Waals surface area contributed by atoms with Crippen LogP contribution in [0.3, 0.4) is 0 Å². The van der Waals surface area contributed by atoms with Gasteiger partial charge in [-0.3, -0.25) is 4.79 Å². The van der Waals surface area contributed by atoms with Crippen LogP contribution in [0.5, 0.6) is 0 Å². The van der Waals surface area contributed by atoms with E-state index in [2.05, 4.69) is 24.1 Å². The molecule has 1 heterocycles. The van der Waals surface area contributed by atoms with E-state index in [1.807, 2.05) is 0 Å². The molecule has 1 N–H and O–H groups in total. The summed E-state index contributed by atoms with van der Waals surface area (Å²) in [5.74, 6) is 1.60. The predicted molar refractivity (Wildman–Crippen MR) is 79.0 cm³/mol. The van der Waals surface area contributed by atoms with Gasteiger partial charge in [-0.2, -0.15) is 0 Å². The van der Waals surface area contributed by atoms with Crippen LogP contribution >= 0.6 is 0 Å². The number of nitrogens with zero attached hydrogens (tertiary/aromatic N) is 1. The minimum atomic E-state index is 0.330. The minimum Gasteiger partial charge on any atom is -0.342 e. The molecule has 2 aliphatic rings. The quantitative estimate of drug-likeness (QED) is 0.848. The van der Waals surface area contributed by atoms with Gasteiger partial charge >= 0.3 is 0 Å². The molecule has 2 rings (SSSR count). The van der Waals surface area contributed by atoms with Crippen molar-refractivity contribution in [1.82, 2.24) is 10.2 Å². The first kappa shape index (κ1) is 14.8. The fraction of sp³-hybridized carbons (Fsp3) is 0.938. The molecule has 1 aliphatic carbocycles. The summed E-state index contributed by atoms with van der Waals surface area (Å²) in [5.41, 5.74) is 0. The van der Waals surface area contributed by atoms with Gasteiger partial charge in [0.2, 0.25) is 5.91 Å². The fourth-order valence-electron chi connectivity index (χ4n) is 3.42. The highest BCUT2D eigenvalue weighted by atomic mass is 16.2. The lowest BCUT2D eigenvalue weighted by Gasteiger charge is -2.36. The van der Waals surface area contributed by atoms with E-state index in [4.69, 9.17) is 0 Å². The molecular formula is C16H30N2O. The van der Waals surface area contributed by atoms with Gasteiger partial charge in [-0.15, -0.1) is 0 Å². The highest BCUT2D eigenvalue weighted by Gasteiger charge is 2.30. The number of carbonyl (C=O) groups is 1. The summed E-state index contributed by atoms with van der Waals surface area (Å²) in [7, 11) is 0. The summed E-state index contributed by atoms with van der Waals surface area (Å²) >= 11 is 0. The lowest BCUT2D eigenvalue weighted by Crippen LogP contribution is -2.47. The average molecular weight is 266 g/mol. The third kappa shape index (κ3) is 4.20. The monoisotopic (exact) mass is 266 g/mol. The number of amides is 1. The summed E-state index contributed by atoms with van der Waals surface area (Å²) in [6, 6.07) is 0.635. The van der Waals surface area contributed by atoms with Gasteiger partial charge in [-0.1, -0.05) is 13.8 Å². The van der Waals surface area contributed by atoms with Crippen LogP contribution in [-0.4, -0.2) is 36.5 Å². The van der Waals surface area contributed by atoms with E-state index in [-0.39, 0.29) is 0 Å². The van der Waals surface area contributed by atoms with Crippen LogP contribution in [0, 0.1) is 11.8 Å². The van der Waals surface area contributed by atoms with Gasteiger partial charge in [0, 0.05) is 25.0 Å². The summed E-state index contributed by atoms with van der Waals surface area (Å²) in [4.78, 5) is 14.6. The molecule has 0 unspecified atom stereocenters. The van der Waals surface area contributed by atoms with Crippen molar-refractivity contribution in [1.29, 1.82) is 0 Å². The maximum absolute atomic E-state index is 12.5. The van der Waals surface area contributed by atoms with Crippen molar-refractivity contribution in [3.8, 4) is 0 Å². The Kier molecular flexibility index (Phi) is 5.68. The van der Waals surface area contributed by atoms with Crippen molar-refractivity contribution in [2.45, 2.75) is 64.8 Å². The molecular weight excluding hydrogens is 236 g/mol. The Morgan fingerprint density at radius 2 is 1.74 bits per heavy atom. The van der Waals surface area contributed by atoms with Crippen molar-refractivity contribution in [3.05, 3.63) is 0 Å². The SMILES string of the molecule is CCCNC1CCN(C(=O)C2CCC(C)CC2)CC1. The first-order valence-electron chi connectivity index (χ1n) is 8.23. The van der Waals surface area contributed by atoms with Crippen molar-refractivity contribution in [3.63, 3.8) is 0 Å². The van der Waals surface area contributed by atoms with Crippen molar-refractivity contribution >= 4 is 5.91 Å². The Balaban J connectivity index is 1.73. The Hall–Kier alpha value is -0.570. The van der Waals surface area contributed by atoms with Crippen LogP contribution in [0.4, 0.5) is 0 Å². The lowest BCUT2D eigenvalue weighted by molar-refractivity contribution is -0.138. The average Bonchev–Trinajstić information content (AvgIpc) is 2.46. The number of hydrogen-bond donors (Lipinski definition) is 1. The van der Waals surface area contributed by atoms with Gasteiger partial charge < -0.3 is 10.2 Å². The third-order valence-corrected chi connectivity index (χ3v) is 4.85. The zero-order valence-corrected chi connectivity index (χ0v) is 12.7. The number of hydrogen-bond acceptors (Lipinski definition) is 2. The normalized spacial score (nSPS) is 29.5. The Morgan fingerprint density at radius 3 is 2.32 bits per heavy atom. The smallest absolute Gasteiger partial charge is 0.225 e. The fourth-order valence-corrected chi connectivity index (χ4v) is 3.42. The number of piperidine rings is 1. The summed E-state index contributed by atoms with van der Waals surface area (Å²) < 4.78 is 0. The Labute approximate surface area is 118 Å². The van der Waals surface area contributed by atoms with Crippen LogP contribution < -0.4 is 5.32 Å². The van der Waals surface area contributed by atoms with Crippen LogP contribution in [-0.2, 0) is 4.79 Å². The van der Waals surface area contributed by atoms with Gasteiger partial charge in [0.1, 0.15) is 0 Å². The highest BCUT2D eigenvalue weighted by Crippen LogP contribution is 2.30. The summed E-state index contributed by atoms with van der Waals surface area (Å²) in [6.45, 7) is 7.55. The predicted octanol–water partition coefficient (Wildman–Crippen LogP) is 2.80. The van der Waals surface area contributed by atoms with Gasteiger partial charge in [-0.25, -0.2) is 0 Å². The zero-order chi connectivity index (χ0) is 13.7. The largest absolute Gasteiger partial charge is 0.342 e. The maximum Gasteiger partial charge on any atom is 0.225 e. The molecule has 0 aromatic carbocycles. The molecule has 0 bridgehead atoms. The van der Waals surface area contributed by atoms with E-state index in [9.17, 15) is 4.79 Å². The van der Waals surface area contributed by atoms with Gasteiger partial charge in [0.15, 0.2) is 0 Å². The van der Waals surface area contributed by atoms with E-state index in [0.717, 1.165) is 51.2 Å². The molecule has 2 fully saturated rings. The molecule has 0 atom stereocenters. The molecule has 3 heteroatoms. The van der Waals surface area contributed by atoms with Crippen LogP contribution in [0.25, 0.3) is 0 Å². The molecule has 0 aromatic heterocycles. The second-order valence-corrected chi connectivity index (χ2v) is 6.51. The molecule has 1 saturated carbocycles. The number of nitrogens with one attached hydrogen (secondary N) is 1. The minimum absolute atomic E-state index is 0.330. The lowest BCUT2D eigenvalue weighted by atomic mass is 9.82. The van der Waals surface area contributed by atoms with Crippen molar-refractivity contribution in [2.75, 3.05) is 19.6 Å². The van der Waals surface area contributed by atoms with E-state index in [0.29, 0.717) is 17.9 Å². The Morgan fingerprint density at radius 1 is 1.11 bits per heavy atom. The molecule has 19 heavy (non-hydrogen) atoms. The second-order valence-electron chi connectivity index (χ2n) is 6.51. The zero-order valence-electron chi connectivity index (χ0n) is 12.7. The summed E-state index contributed by atoms with van der Waals surface area (Å²) in [5, 5.41) is 3.58. The van der Waals surface area contributed by atoms with E-state index >= 15 is 0 Å². The molecule has 0 radical (unpaired) electrons. The van der Waals surface area contributed by atoms with Gasteiger partial charge in [0.25, 0.3) is 0 Å². The topological polar surface area (TPSA) is 32.3 Å². The first-order valence-corrected chi connectivity index (χ1v) is 8.23.